The molecule has 0 fully saturated rings. The first-order chi connectivity index (χ1) is 9.85. The maximum absolute atomic E-state index is 3.51. The molecule has 2 heterocycles. The molecule has 0 unspecified atom stereocenters. The Balaban J connectivity index is 0.00000121. The van der Waals surface area contributed by atoms with E-state index in [2.05, 4.69) is 65.3 Å². The average Bonchev–Trinajstić information content (AvgIpc) is 2.87. The van der Waals surface area contributed by atoms with E-state index in [0.29, 0.717) is 0 Å². The highest BCUT2D eigenvalue weighted by Gasteiger charge is 2.06. The van der Waals surface area contributed by atoms with Gasteiger partial charge in [-0.25, -0.2) is 0 Å². The maximum atomic E-state index is 3.51. The van der Waals surface area contributed by atoms with Crippen molar-refractivity contribution in [2.45, 2.75) is 47.6 Å². The molecule has 118 valence electrons. The summed E-state index contributed by atoms with van der Waals surface area (Å²) in [5.74, 6) is 0. The molecule has 0 saturated heterocycles. The zero-order chi connectivity index (χ0) is 13.8. The van der Waals surface area contributed by atoms with Gasteiger partial charge >= 0.3 is 0 Å². The van der Waals surface area contributed by atoms with E-state index >= 15 is 0 Å². The molecule has 22 heavy (non-hydrogen) atoms. The fourth-order valence-corrected chi connectivity index (χ4v) is 2.60. The third kappa shape index (κ3) is 4.20. The minimum atomic E-state index is 0. The molecule has 0 amide bonds. The van der Waals surface area contributed by atoms with Gasteiger partial charge in [-0.3, -0.25) is 0 Å². The van der Waals surface area contributed by atoms with E-state index in [1.807, 2.05) is 6.07 Å². The number of pyridine rings is 1. The van der Waals surface area contributed by atoms with Crippen molar-refractivity contribution in [3.63, 3.8) is 0 Å². The summed E-state index contributed by atoms with van der Waals surface area (Å²) in [5.41, 5.74) is 3.93. The van der Waals surface area contributed by atoms with Crippen molar-refractivity contribution >= 4 is 10.9 Å². The van der Waals surface area contributed by atoms with Gasteiger partial charge in [0.25, 0.3) is 0 Å². The zero-order valence-electron chi connectivity index (χ0n) is 12.0. The number of nitrogens with one attached hydrogen (secondary N) is 1. The number of aryl methyl sites for hydroxylation is 1. The molecule has 1 aromatic carbocycles. The van der Waals surface area contributed by atoms with Crippen LogP contribution in [0.5, 0.6) is 0 Å². The van der Waals surface area contributed by atoms with Gasteiger partial charge in [-0.2, -0.15) is 4.57 Å². The Morgan fingerprint density at radius 1 is 1.00 bits per heavy atom. The number of aromatic amines is 1. The van der Waals surface area contributed by atoms with Crippen molar-refractivity contribution in [2.24, 2.45) is 0 Å². The first-order valence-electron chi connectivity index (χ1n) is 7.40. The number of H-pyrrole nitrogens is 1. The van der Waals surface area contributed by atoms with Crippen LogP contribution in [0.1, 0.15) is 45.9 Å². The monoisotopic (exact) mass is 297 g/mol. The van der Waals surface area contributed by atoms with Gasteiger partial charge in [0.15, 0.2) is 18.9 Å². The predicted octanol–water partition coefficient (Wildman–Crippen LogP) is 5.12. The molecule has 0 aliphatic rings. The molecule has 0 aliphatic carbocycles. The van der Waals surface area contributed by atoms with E-state index in [1.165, 1.54) is 41.4 Å². The van der Waals surface area contributed by atoms with Gasteiger partial charge in [0.05, 0.1) is 5.69 Å². The van der Waals surface area contributed by atoms with E-state index < -0.39 is 0 Å². The number of hydrogen-bond acceptors (Lipinski definition) is 0. The Bertz CT molecular complexity index is 683. The van der Waals surface area contributed by atoms with Crippen LogP contribution in [0.25, 0.3) is 10.9 Å². The lowest BCUT2D eigenvalue weighted by atomic mass is 10.1. The van der Waals surface area contributed by atoms with Gasteiger partial charge in [0.1, 0.15) is 0 Å². The van der Waals surface area contributed by atoms with Crippen LogP contribution in [-0.4, -0.2) is 4.98 Å². The third-order valence-electron chi connectivity index (χ3n) is 3.69. The minimum absolute atomic E-state index is 0. The standard InChI is InChI=1S/C18H21N2.2CH4/c1-2-3-7-15-8-9-18-16(12-15)13-17(19-18)14-20-10-5-4-6-11-20;;/h4-6,8-13,19H,2-3,7,14H2,1H3;2*1H4/q+1;;. The van der Waals surface area contributed by atoms with Crippen LogP contribution >= 0.6 is 0 Å². The summed E-state index contributed by atoms with van der Waals surface area (Å²) in [6, 6.07) is 15.2. The van der Waals surface area contributed by atoms with Crippen molar-refractivity contribution in [3.8, 4) is 0 Å². The van der Waals surface area contributed by atoms with Crippen LogP contribution < -0.4 is 4.57 Å². The van der Waals surface area contributed by atoms with Crippen LogP contribution in [-0.2, 0) is 13.0 Å². The summed E-state index contributed by atoms with van der Waals surface area (Å²) < 4.78 is 2.18. The lowest BCUT2D eigenvalue weighted by Crippen LogP contribution is -2.32. The smallest absolute Gasteiger partial charge is 0.188 e. The molecule has 2 nitrogen and oxygen atoms in total. The van der Waals surface area contributed by atoms with Gasteiger partial charge in [0, 0.05) is 23.0 Å². The van der Waals surface area contributed by atoms with Crippen molar-refractivity contribution in [2.75, 3.05) is 0 Å². The topological polar surface area (TPSA) is 19.7 Å². The summed E-state index contributed by atoms with van der Waals surface area (Å²) in [5, 5.41) is 1.32. The maximum Gasteiger partial charge on any atom is 0.188 e. The molecular formula is C20H29N2+. The highest BCUT2D eigenvalue weighted by molar-refractivity contribution is 5.81. The molecule has 0 saturated carbocycles. The van der Waals surface area contributed by atoms with Gasteiger partial charge in [-0.15, -0.1) is 0 Å². The fourth-order valence-electron chi connectivity index (χ4n) is 2.60. The number of aromatic nitrogens is 2. The van der Waals surface area contributed by atoms with Crippen molar-refractivity contribution in [1.29, 1.82) is 0 Å². The Morgan fingerprint density at radius 2 is 1.77 bits per heavy atom. The molecule has 0 aliphatic heterocycles. The summed E-state index contributed by atoms with van der Waals surface area (Å²) in [6.45, 7) is 3.13. The summed E-state index contributed by atoms with van der Waals surface area (Å²) in [7, 11) is 0. The third-order valence-corrected chi connectivity index (χ3v) is 3.69. The van der Waals surface area contributed by atoms with Crippen LogP contribution in [0.15, 0.2) is 54.9 Å². The van der Waals surface area contributed by atoms with Gasteiger partial charge < -0.3 is 4.98 Å². The molecule has 3 rings (SSSR count). The van der Waals surface area contributed by atoms with Crippen LogP contribution in [0, 0.1) is 0 Å². The molecule has 0 bridgehead atoms. The first-order valence-corrected chi connectivity index (χ1v) is 7.40. The minimum Gasteiger partial charge on any atom is -0.353 e. The second kappa shape index (κ2) is 8.38. The lowest BCUT2D eigenvalue weighted by Gasteiger charge is -1.99. The molecule has 0 atom stereocenters. The van der Waals surface area contributed by atoms with Gasteiger partial charge in [-0.05, 0) is 36.6 Å². The molecule has 0 spiro atoms. The van der Waals surface area contributed by atoms with E-state index in [1.54, 1.807) is 0 Å². The lowest BCUT2D eigenvalue weighted by molar-refractivity contribution is -0.688. The largest absolute Gasteiger partial charge is 0.353 e. The van der Waals surface area contributed by atoms with Crippen molar-refractivity contribution in [1.82, 2.24) is 4.98 Å². The molecule has 3 aromatic rings. The normalized spacial score (nSPS) is 10.0. The highest BCUT2D eigenvalue weighted by atomic mass is 14.9. The number of fused-ring (bicyclic) bond motifs is 1. The Morgan fingerprint density at radius 3 is 2.50 bits per heavy atom. The second-order valence-corrected chi connectivity index (χ2v) is 5.37. The van der Waals surface area contributed by atoms with Crippen molar-refractivity contribution in [3.05, 3.63) is 66.1 Å². The van der Waals surface area contributed by atoms with Crippen LogP contribution in [0.3, 0.4) is 0 Å². The Kier molecular flexibility index (Phi) is 6.84. The van der Waals surface area contributed by atoms with Crippen molar-refractivity contribution < 1.29 is 4.57 Å². The van der Waals surface area contributed by atoms with Gasteiger partial charge in [0.2, 0.25) is 0 Å². The molecule has 2 aromatic heterocycles. The SMILES string of the molecule is C.C.CCCCc1ccc2[nH]c(C[n+]3ccccc3)cc2c1. The molecule has 0 radical (unpaired) electrons. The second-order valence-electron chi connectivity index (χ2n) is 5.37. The molecular weight excluding hydrogens is 268 g/mol. The van der Waals surface area contributed by atoms with E-state index in [4.69, 9.17) is 0 Å². The fraction of sp³-hybridized carbons (Fsp3) is 0.350. The van der Waals surface area contributed by atoms with Gasteiger partial charge in [-0.1, -0.05) is 40.3 Å². The Hall–Kier alpha value is -2.09. The number of benzene rings is 1. The number of rotatable bonds is 5. The molecule has 2 heteroatoms. The summed E-state index contributed by atoms with van der Waals surface area (Å²) in [4.78, 5) is 3.51. The van der Waals surface area contributed by atoms with Crippen LogP contribution in [0.2, 0.25) is 0 Å². The highest BCUT2D eigenvalue weighted by Crippen LogP contribution is 2.18. The molecule has 1 N–H and O–H groups in total. The number of hydrogen-bond donors (Lipinski definition) is 1. The van der Waals surface area contributed by atoms with E-state index in [-0.39, 0.29) is 14.9 Å². The first kappa shape index (κ1) is 18.0. The summed E-state index contributed by atoms with van der Waals surface area (Å²) in [6.07, 6.45) is 7.89. The Labute approximate surface area is 134 Å². The van der Waals surface area contributed by atoms with E-state index in [9.17, 15) is 0 Å². The average molecular weight is 297 g/mol. The quantitative estimate of drug-likeness (QED) is 0.631. The summed E-state index contributed by atoms with van der Waals surface area (Å²) >= 11 is 0. The number of unbranched alkanes of at least 4 members (excludes halogenated alkanes) is 1. The predicted molar refractivity (Wildman–Crippen MR) is 96.1 cm³/mol. The van der Waals surface area contributed by atoms with E-state index in [0.717, 1.165) is 6.54 Å². The zero-order valence-corrected chi connectivity index (χ0v) is 12.0. The van der Waals surface area contributed by atoms with Crippen LogP contribution in [0.4, 0.5) is 0 Å². The number of nitrogens with zero attached hydrogens (tertiary/aromatic N) is 1.